The van der Waals surface area contributed by atoms with E-state index < -0.39 is 11.2 Å². The van der Waals surface area contributed by atoms with Crippen molar-refractivity contribution in [2.75, 3.05) is 0 Å². The summed E-state index contributed by atoms with van der Waals surface area (Å²) in [6.45, 7) is 0. The number of nitrogens with zero attached hydrogens (tertiary/aromatic N) is 1. The first kappa shape index (κ1) is 9.75. The first-order chi connectivity index (χ1) is 7.70. The molecule has 0 atom stereocenters. The van der Waals surface area contributed by atoms with Crippen LogP contribution in [0.5, 0.6) is 0 Å². The molecule has 76 valence electrons. The highest BCUT2D eigenvalue weighted by Crippen LogP contribution is 2.07. The molecule has 5 nitrogen and oxygen atoms in total. The fourth-order valence-electron chi connectivity index (χ4n) is 1.34. The number of rotatable bonds is 0. The number of fused-ring (bicyclic) bond motifs is 1. The number of aromatic amines is 2. The van der Waals surface area contributed by atoms with Gasteiger partial charge in [-0.05, 0) is 18.2 Å². The van der Waals surface area contributed by atoms with E-state index in [9.17, 15) is 9.59 Å². The van der Waals surface area contributed by atoms with Crippen LogP contribution in [0.25, 0.3) is 10.9 Å². The second kappa shape index (κ2) is 3.76. The summed E-state index contributed by atoms with van der Waals surface area (Å²) >= 11 is 0. The third-order valence-corrected chi connectivity index (χ3v) is 2.00. The van der Waals surface area contributed by atoms with Crippen molar-refractivity contribution in [3.05, 3.63) is 44.6 Å². The van der Waals surface area contributed by atoms with E-state index in [4.69, 9.17) is 5.26 Å². The maximum Gasteiger partial charge on any atom is 0.326 e. The predicted molar refractivity (Wildman–Crippen MR) is 57.7 cm³/mol. The van der Waals surface area contributed by atoms with Crippen molar-refractivity contribution in [2.24, 2.45) is 0 Å². The number of hydrogen-bond donors (Lipinski definition) is 2. The second-order valence-corrected chi connectivity index (χ2v) is 3.03. The van der Waals surface area contributed by atoms with Crippen molar-refractivity contribution in [2.45, 2.75) is 0 Å². The van der Waals surface area contributed by atoms with Crippen LogP contribution in [0.15, 0.2) is 27.8 Å². The molecule has 0 amide bonds. The quantitative estimate of drug-likeness (QED) is 0.605. The van der Waals surface area contributed by atoms with Gasteiger partial charge in [0.1, 0.15) is 0 Å². The Morgan fingerprint density at radius 1 is 1.19 bits per heavy atom. The third-order valence-electron chi connectivity index (χ3n) is 2.00. The summed E-state index contributed by atoms with van der Waals surface area (Å²) in [6.07, 6.45) is 0. The summed E-state index contributed by atoms with van der Waals surface area (Å²) in [6, 6.07) is 6.41. The zero-order chi connectivity index (χ0) is 11.5. The van der Waals surface area contributed by atoms with Crippen molar-refractivity contribution in [1.82, 2.24) is 9.97 Å². The molecule has 0 aliphatic heterocycles. The summed E-state index contributed by atoms with van der Waals surface area (Å²) in [5, 5.41) is 8.63. The highest BCUT2D eigenvalue weighted by atomic mass is 16.2. The Bertz CT molecular complexity index is 766. The van der Waals surface area contributed by atoms with Gasteiger partial charge in [0.25, 0.3) is 5.56 Å². The lowest BCUT2D eigenvalue weighted by molar-refractivity contribution is 1.08. The first-order valence-electron chi connectivity index (χ1n) is 4.37. The molecule has 0 saturated carbocycles. The summed E-state index contributed by atoms with van der Waals surface area (Å²) in [5.74, 6) is 4.80. The second-order valence-electron chi connectivity index (χ2n) is 3.03. The molecule has 0 saturated heterocycles. The van der Waals surface area contributed by atoms with Crippen molar-refractivity contribution < 1.29 is 0 Å². The van der Waals surface area contributed by atoms with Crippen molar-refractivity contribution in [1.29, 1.82) is 5.26 Å². The van der Waals surface area contributed by atoms with Gasteiger partial charge in [-0.1, -0.05) is 5.92 Å². The lowest BCUT2D eigenvalue weighted by Gasteiger charge is -1.96. The molecule has 2 aromatic rings. The summed E-state index contributed by atoms with van der Waals surface area (Å²) in [7, 11) is 0. The number of H-pyrrole nitrogens is 2. The van der Waals surface area contributed by atoms with Gasteiger partial charge in [0, 0.05) is 11.5 Å². The van der Waals surface area contributed by atoms with E-state index in [-0.39, 0.29) is 0 Å². The van der Waals surface area contributed by atoms with Gasteiger partial charge in [0.05, 0.1) is 10.9 Å². The molecule has 2 rings (SSSR count). The average Bonchev–Trinajstić information content (AvgIpc) is 2.26. The highest BCUT2D eigenvalue weighted by Gasteiger charge is 2.00. The topological polar surface area (TPSA) is 89.5 Å². The molecule has 0 unspecified atom stereocenters. The highest BCUT2D eigenvalue weighted by molar-refractivity contribution is 5.78. The Balaban J connectivity index is 2.77. The number of benzene rings is 1. The molecule has 0 bridgehead atoms. The molecular formula is C11H5N3O2. The van der Waals surface area contributed by atoms with Crippen LogP contribution in [0, 0.1) is 23.2 Å². The van der Waals surface area contributed by atoms with Gasteiger partial charge < -0.3 is 4.98 Å². The zero-order valence-corrected chi connectivity index (χ0v) is 8.00. The Labute approximate surface area is 89.4 Å². The largest absolute Gasteiger partial charge is 0.326 e. The molecule has 5 heteroatoms. The van der Waals surface area contributed by atoms with E-state index in [0.29, 0.717) is 16.5 Å². The number of nitriles is 1. The van der Waals surface area contributed by atoms with Crippen molar-refractivity contribution >= 4 is 10.9 Å². The Hall–Kier alpha value is -2.79. The summed E-state index contributed by atoms with van der Waals surface area (Å²) < 4.78 is 0. The average molecular weight is 211 g/mol. The minimum absolute atomic E-state index is 0.337. The summed E-state index contributed by atoms with van der Waals surface area (Å²) in [4.78, 5) is 27.0. The van der Waals surface area contributed by atoms with Gasteiger partial charge in [0.15, 0.2) is 6.07 Å². The van der Waals surface area contributed by atoms with E-state index in [1.54, 1.807) is 18.2 Å². The van der Waals surface area contributed by atoms with E-state index >= 15 is 0 Å². The Morgan fingerprint density at radius 2 is 2.00 bits per heavy atom. The molecule has 1 aromatic carbocycles. The fourth-order valence-corrected chi connectivity index (χ4v) is 1.34. The zero-order valence-electron chi connectivity index (χ0n) is 8.00. The van der Waals surface area contributed by atoms with E-state index in [1.807, 2.05) is 0 Å². The molecule has 0 fully saturated rings. The van der Waals surface area contributed by atoms with E-state index in [2.05, 4.69) is 21.8 Å². The predicted octanol–water partition coefficient (Wildman–Crippen LogP) is 0.0915. The maximum absolute atomic E-state index is 11.4. The minimum atomic E-state index is -0.548. The molecule has 0 spiro atoms. The monoisotopic (exact) mass is 211 g/mol. The molecule has 0 aliphatic rings. The Kier molecular flexibility index (Phi) is 2.29. The van der Waals surface area contributed by atoms with Crippen LogP contribution in [0.2, 0.25) is 0 Å². The number of hydrogen-bond acceptors (Lipinski definition) is 3. The van der Waals surface area contributed by atoms with Gasteiger partial charge in [-0.3, -0.25) is 9.78 Å². The standard InChI is InChI=1S/C11H5N3O2/c12-5-1-2-7-3-4-9-8(6-7)10(15)14-11(16)13-9/h3-4,6H,(H2,13,14,15,16). The molecule has 0 radical (unpaired) electrons. The van der Waals surface area contributed by atoms with Crippen molar-refractivity contribution in [3.63, 3.8) is 0 Å². The number of aromatic nitrogens is 2. The van der Waals surface area contributed by atoms with Gasteiger partial charge in [-0.15, -0.1) is 0 Å². The van der Waals surface area contributed by atoms with E-state index in [0.717, 1.165) is 0 Å². The first-order valence-corrected chi connectivity index (χ1v) is 4.37. The Morgan fingerprint density at radius 3 is 2.75 bits per heavy atom. The molecular weight excluding hydrogens is 206 g/mol. The molecule has 1 aromatic heterocycles. The lowest BCUT2D eigenvalue weighted by Crippen LogP contribution is -2.21. The van der Waals surface area contributed by atoms with Gasteiger partial charge in [-0.25, -0.2) is 4.79 Å². The molecule has 2 N–H and O–H groups in total. The lowest BCUT2D eigenvalue weighted by atomic mass is 10.1. The van der Waals surface area contributed by atoms with E-state index in [1.165, 1.54) is 6.07 Å². The van der Waals surface area contributed by atoms with Crippen LogP contribution in [-0.4, -0.2) is 9.97 Å². The van der Waals surface area contributed by atoms with Crippen molar-refractivity contribution in [3.8, 4) is 17.9 Å². The van der Waals surface area contributed by atoms with Crippen LogP contribution in [0.3, 0.4) is 0 Å². The maximum atomic E-state index is 11.4. The minimum Gasteiger partial charge on any atom is -0.307 e. The van der Waals surface area contributed by atoms with Gasteiger partial charge in [-0.2, -0.15) is 5.26 Å². The number of nitrogens with one attached hydrogen (secondary N) is 2. The van der Waals surface area contributed by atoms with Crippen LogP contribution in [-0.2, 0) is 0 Å². The normalized spacial score (nSPS) is 9.19. The van der Waals surface area contributed by atoms with Crippen LogP contribution >= 0.6 is 0 Å². The molecule has 0 aliphatic carbocycles. The van der Waals surface area contributed by atoms with Crippen LogP contribution in [0.1, 0.15) is 5.56 Å². The van der Waals surface area contributed by atoms with Gasteiger partial charge >= 0.3 is 5.69 Å². The summed E-state index contributed by atoms with van der Waals surface area (Å²) in [5.41, 5.74) is -0.0319. The third kappa shape index (κ3) is 1.70. The van der Waals surface area contributed by atoms with Crippen LogP contribution < -0.4 is 11.2 Å². The SMILES string of the molecule is N#CC#Cc1ccc2[nH]c(=O)[nH]c(=O)c2c1. The molecule has 16 heavy (non-hydrogen) atoms. The fraction of sp³-hybridized carbons (Fsp3) is 0. The smallest absolute Gasteiger partial charge is 0.307 e. The van der Waals surface area contributed by atoms with Crippen LogP contribution in [0.4, 0.5) is 0 Å². The van der Waals surface area contributed by atoms with Gasteiger partial charge in [0.2, 0.25) is 0 Å². The molecule has 1 heterocycles.